The van der Waals surface area contributed by atoms with Crippen molar-refractivity contribution in [2.24, 2.45) is 0 Å². The molecule has 0 spiro atoms. The average Bonchev–Trinajstić information content (AvgIpc) is 2.05. The predicted octanol–water partition coefficient (Wildman–Crippen LogP) is 1.04. The fraction of sp³-hybridized carbons (Fsp3) is 0.143. The Balaban J connectivity index is 3.08. The number of hydrogen-bond acceptors (Lipinski definition) is 4. The summed E-state index contributed by atoms with van der Waals surface area (Å²) in [7, 11) is -3.80. The van der Waals surface area contributed by atoms with Crippen molar-refractivity contribution in [3.8, 4) is 0 Å². The molecule has 0 aliphatic heterocycles. The summed E-state index contributed by atoms with van der Waals surface area (Å²) >= 11 is -1.83. The average molecular weight is 238 g/mol. The van der Waals surface area contributed by atoms with Crippen LogP contribution in [0.25, 0.3) is 0 Å². The Hall–Kier alpha value is -0.486. The summed E-state index contributed by atoms with van der Waals surface area (Å²) in [6.07, 6.45) is 0. The van der Waals surface area contributed by atoms with Crippen molar-refractivity contribution < 1.29 is 31.8 Å². The van der Waals surface area contributed by atoms with Gasteiger partial charge in [0.15, 0.2) is 0 Å². The Morgan fingerprint density at radius 1 is 1.23 bits per heavy atom. The van der Waals surface area contributed by atoms with Crippen LogP contribution in [-0.4, -0.2) is 8.42 Å². The molecule has 4 nitrogen and oxygen atoms in total. The zero-order valence-electron chi connectivity index (χ0n) is 6.80. The van der Waals surface area contributed by atoms with E-state index in [0.29, 0.717) is 0 Å². The van der Waals surface area contributed by atoms with Gasteiger partial charge in [0.1, 0.15) is 0 Å². The molecule has 0 aliphatic rings. The van der Waals surface area contributed by atoms with Crippen LogP contribution in [-0.2, 0) is 33.5 Å². The van der Waals surface area contributed by atoms with Crippen LogP contribution in [0.2, 0.25) is 0 Å². The summed E-state index contributed by atoms with van der Waals surface area (Å²) < 4.78 is 36.5. The topological polar surface area (TPSA) is 60.4 Å². The Labute approximate surface area is 83.7 Å². The van der Waals surface area contributed by atoms with Crippen molar-refractivity contribution in [3.63, 3.8) is 0 Å². The first kappa shape index (κ1) is 10.6. The van der Waals surface area contributed by atoms with Crippen LogP contribution in [0.4, 0.5) is 0 Å². The molecule has 6 heteroatoms. The predicted molar refractivity (Wildman–Crippen MR) is 40.1 cm³/mol. The van der Waals surface area contributed by atoms with E-state index in [4.69, 9.17) is 0 Å². The number of benzene rings is 1. The van der Waals surface area contributed by atoms with Gasteiger partial charge < -0.3 is 0 Å². The fourth-order valence-corrected chi connectivity index (χ4v) is 2.20. The van der Waals surface area contributed by atoms with Gasteiger partial charge in [0.05, 0.1) is 0 Å². The first-order valence-corrected chi connectivity index (χ1v) is 5.94. The molecule has 0 aliphatic carbocycles. The molecule has 0 bridgehead atoms. The number of hydrogen-bond donors (Lipinski definition) is 0. The van der Waals surface area contributed by atoms with Crippen molar-refractivity contribution in [3.05, 3.63) is 29.8 Å². The summed E-state index contributed by atoms with van der Waals surface area (Å²) in [5.41, 5.74) is 0.953. The number of rotatable bonds is 3. The summed E-state index contributed by atoms with van der Waals surface area (Å²) in [4.78, 5) is 0.0317. The molecule has 0 N–H and O–H groups in total. The van der Waals surface area contributed by atoms with Gasteiger partial charge in [-0.25, -0.2) is 0 Å². The molecule has 70 valence electrons. The van der Waals surface area contributed by atoms with E-state index in [0.717, 1.165) is 5.56 Å². The molecule has 0 atom stereocenters. The monoisotopic (exact) mass is 238 g/mol. The van der Waals surface area contributed by atoms with Crippen LogP contribution in [0.5, 0.6) is 0 Å². The molecule has 0 amide bonds. The molecule has 0 saturated carbocycles. The van der Waals surface area contributed by atoms with Gasteiger partial charge in [-0.15, -0.1) is 0 Å². The van der Waals surface area contributed by atoms with Crippen molar-refractivity contribution in [1.29, 1.82) is 0 Å². The maximum atomic E-state index is 11.1. The third kappa shape index (κ3) is 2.74. The summed E-state index contributed by atoms with van der Waals surface area (Å²) in [5, 5.41) is 0. The van der Waals surface area contributed by atoms with Gasteiger partial charge in [0.2, 0.25) is 0 Å². The van der Waals surface area contributed by atoms with E-state index in [1.807, 2.05) is 6.92 Å². The van der Waals surface area contributed by atoms with E-state index in [2.05, 4.69) is 3.11 Å². The van der Waals surface area contributed by atoms with Crippen molar-refractivity contribution in [2.45, 2.75) is 11.8 Å². The van der Waals surface area contributed by atoms with Crippen molar-refractivity contribution in [1.82, 2.24) is 0 Å². The van der Waals surface area contributed by atoms with E-state index in [1.54, 1.807) is 12.1 Å². The first-order valence-electron chi connectivity index (χ1n) is 3.39. The summed E-state index contributed by atoms with van der Waals surface area (Å²) in [5.74, 6) is 0. The van der Waals surface area contributed by atoms with E-state index in [-0.39, 0.29) is 4.90 Å². The Bertz CT molecular complexity index is 395. The van der Waals surface area contributed by atoms with Crippen LogP contribution in [0.3, 0.4) is 0 Å². The van der Waals surface area contributed by atoms with E-state index in [1.165, 1.54) is 12.1 Å². The minimum atomic E-state index is -3.80. The Morgan fingerprint density at radius 3 is 2.23 bits per heavy atom. The third-order valence-corrected chi connectivity index (χ3v) is 3.75. The molecule has 0 fully saturated rings. The van der Waals surface area contributed by atoms with Gasteiger partial charge in [-0.2, -0.15) is 0 Å². The van der Waals surface area contributed by atoms with Gasteiger partial charge in [-0.1, -0.05) is 0 Å². The van der Waals surface area contributed by atoms with Crippen LogP contribution >= 0.6 is 0 Å². The maximum absolute atomic E-state index is 11.1. The SMILES string of the molecule is Cc1ccc(S(=O)(=O)[O][V]=[O])cc1. The Morgan fingerprint density at radius 2 is 1.77 bits per heavy atom. The summed E-state index contributed by atoms with van der Waals surface area (Å²) in [6, 6.07) is 6.14. The zero-order chi connectivity index (χ0) is 9.90. The fourth-order valence-electron chi connectivity index (χ4n) is 0.788. The minimum absolute atomic E-state index is 0.0317. The first-order chi connectivity index (χ1) is 6.06. The van der Waals surface area contributed by atoms with Crippen LogP contribution in [0.1, 0.15) is 5.56 Å². The molecule has 1 aromatic carbocycles. The Kier molecular flexibility index (Phi) is 3.38. The van der Waals surface area contributed by atoms with Crippen LogP contribution in [0.15, 0.2) is 29.2 Å². The molecular weight excluding hydrogens is 231 g/mol. The van der Waals surface area contributed by atoms with Crippen molar-refractivity contribution >= 4 is 10.1 Å². The van der Waals surface area contributed by atoms with Crippen LogP contribution < -0.4 is 0 Å². The molecule has 0 heterocycles. The van der Waals surface area contributed by atoms with E-state index in [9.17, 15) is 12.1 Å². The normalized spacial score (nSPS) is 11.2. The number of aryl methyl sites for hydroxylation is 1. The standard InChI is InChI=1S/C7H8O3S.O.V/c1-6-2-4-7(5-3-6)11(8,9)10;;/h2-5H,1H3,(H,8,9,10);;/q;;+1/p-1. The molecule has 0 radical (unpaired) electrons. The molecule has 13 heavy (non-hydrogen) atoms. The van der Waals surface area contributed by atoms with E-state index < -0.39 is 26.7 Å². The second-order valence-electron chi connectivity index (χ2n) is 2.42. The zero-order valence-corrected chi connectivity index (χ0v) is 9.01. The molecule has 1 aromatic rings. The van der Waals surface area contributed by atoms with Gasteiger partial charge in [0.25, 0.3) is 0 Å². The van der Waals surface area contributed by atoms with Crippen molar-refractivity contribution in [2.75, 3.05) is 0 Å². The van der Waals surface area contributed by atoms with Gasteiger partial charge in [-0.3, -0.25) is 0 Å². The van der Waals surface area contributed by atoms with Gasteiger partial charge in [-0.05, 0) is 0 Å². The molecule has 1 rings (SSSR count). The quantitative estimate of drug-likeness (QED) is 0.789. The summed E-state index contributed by atoms with van der Waals surface area (Å²) in [6.45, 7) is 1.84. The van der Waals surface area contributed by atoms with Gasteiger partial charge in [0, 0.05) is 0 Å². The third-order valence-electron chi connectivity index (χ3n) is 1.44. The molecule has 0 unspecified atom stereocenters. The second-order valence-corrected chi connectivity index (χ2v) is 4.88. The molecule has 0 saturated heterocycles. The van der Waals surface area contributed by atoms with Gasteiger partial charge >= 0.3 is 83.6 Å². The second kappa shape index (κ2) is 4.15. The van der Waals surface area contributed by atoms with E-state index >= 15 is 0 Å². The molecular formula is C7H7O4SV. The van der Waals surface area contributed by atoms with Crippen LogP contribution in [0, 0.1) is 6.92 Å². The molecule has 0 aromatic heterocycles.